The topological polar surface area (TPSA) is 39.4 Å². The lowest BCUT2D eigenvalue weighted by Gasteiger charge is -2.09. The fourth-order valence-corrected chi connectivity index (χ4v) is 2.47. The molecule has 3 aromatic rings. The zero-order valence-electron chi connectivity index (χ0n) is 14.4. The molecule has 2 aromatic carbocycles. The third kappa shape index (κ3) is 5.27. The Labute approximate surface area is 164 Å². The van der Waals surface area contributed by atoms with Gasteiger partial charge in [-0.05, 0) is 66.7 Å². The Hall–Kier alpha value is -2.99. The highest BCUT2D eigenvalue weighted by atomic mass is 35.5. The maximum Gasteiger partial charge on any atom is 0.416 e. The molecule has 0 spiro atoms. The Kier molecular flexibility index (Phi) is 5.90. The minimum atomic E-state index is -4.43. The molecule has 0 atom stereocenters. The molecule has 0 amide bonds. The third-order valence-corrected chi connectivity index (χ3v) is 4.00. The Morgan fingerprint density at radius 3 is 2.54 bits per heavy atom. The molecule has 0 fully saturated rings. The quantitative estimate of drug-likeness (QED) is 0.350. The van der Waals surface area contributed by atoms with Crippen LogP contribution in [-0.2, 0) is 12.8 Å². The van der Waals surface area contributed by atoms with Gasteiger partial charge < -0.3 is 9.15 Å². The van der Waals surface area contributed by atoms with E-state index in [1.54, 1.807) is 36.4 Å². The fourth-order valence-electron chi connectivity index (χ4n) is 2.35. The Morgan fingerprint density at radius 1 is 1.07 bits per heavy atom. The first kappa shape index (κ1) is 19.8. The predicted octanol–water partition coefficient (Wildman–Crippen LogP) is 6.43. The number of carbonyl (C=O) groups is 1. The molecule has 0 radical (unpaired) electrons. The number of ketones is 1. The standard InChI is InChI=1S/C21H14ClF3O3/c22-16-6-4-14(5-7-16)20(26)11-10-17-8-9-19(28-17)13-27-18-3-1-2-15(12-18)21(23,24)25/h1-12H,13H2/b11-10+. The number of halogens is 4. The van der Waals surface area contributed by atoms with Crippen LogP contribution in [-0.4, -0.2) is 5.78 Å². The summed E-state index contributed by atoms with van der Waals surface area (Å²) >= 11 is 5.79. The number of furan rings is 1. The number of alkyl halides is 3. The van der Waals surface area contributed by atoms with E-state index in [4.69, 9.17) is 20.8 Å². The van der Waals surface area contributed by atoms with Crippen molar-refractivity contribution in [3.8, 4) is 5.75 Å². The van der Waals surface area contributed by atoms with Crippen LogP contribution < -0.4 is 4.74 Å². The molecule has 0 aliphatic heterocycles. The normalized spacial score (nSPS) is 11.7. The summed E-state index contributed by atoms with van der Waals surface area (Å²) in [5.74, 6) is 0.706. The van der Waals surface area contributed by atoms with Crippen LogP contribution in [0.3, 0.4) is 0 Å². The van der Waals surface area contributed by atoms with Gasteiger partial charge in [-0.25, -0.2) is 0 Å². The molecule has 0 aliphatic carbocycles. The van der Waals surface area contributed by atoms with E-state index in [1.807, 2.05) is 0 Å². The summed E-state index contributed by atoms with van der Waals surface area (Å²) in [6, 6.07) is 14.3. The average Bonchev–Trinajstić information content (AvgIpc) is 3.12. The minimum Gasteiger partial charge on any atom is -0.486 e. The molecule has 28 heavy (non-hydrogen) atoms. The first-order valence-corrected chi connectivity index (χ1v) is 8.56. The monoisotopic (exact) mass is 406 g/mol. The molecule has 0 saturated carbocycles. The molecule has 7 heteroatoms. The van der Waals surface area contributed by atoms with Crippen LogP contribution in [0.25, 0.3) is 6.08 Å². The minimum absolute atomic E-state index is 0.0414. The molecule has 0 saturated heterocycles. The Bertz CT molecular complexity index is 989. The number of benzene rings is 2. The van der Waals surface area contributed by atoms with Gasteiger partial charge in [-0.1, -0.05) is 17.7 Å². The van der Waals surface area contributed by atoms with Crippen LogP contribution in [0.2, 0.25) is 5.02 Å². The molecule has 144 valence electrons. The summed E-state index contributed by atoms with van der Waals surface area (Å²) in [6.07, 6.45) is -1.57. The number of carbonyl (C=O) groups excluding carboxylic acids is 1. The summed E-state index contributed by atoms with van der Waals surface area (Å²) in [5.41, 5.74) is -0.297. The van der Waals surface area contributed by atoms with Crippen LogP contribution in [0.15, 0.2) is 71.2 Å². The lowest BCUT2D eigenvalue weighted by Crippen LogP contribution is -2.05. The van der Waals surface area contributed by atoms with Gasteiger partial charge in [0.15, 0.2) is 5.78 Å². The predicted molar refractivity (Wildman–Crippen MR) is 99.3 cm³/mol. The van der Waals surface area contributed by atoms with Gasteiger partial charge in [0.05, 0.1) is 5.56 Å². The third-order valence-electron chi connectivity index (χ3n) is 3.75. The van der Waals surface area contributed by atoms with E-state index in [9.17, 15) is 18.0 Å². The molecule has 0 aliphatic rings. The van der Waals surface area contributed by atoms with Crippen molar-refractivity contribution in [2.45, 2.75) is 12.8 Å². The highest BCUT2D eigenvalue weighted by Gasteiger charge is 2.30. The van der Waals surface area contributed by atoms with Crippen LogP contribution >= 0.6 is 11.6 Å². The van der Waals surface area contributed by atoms with Crippen LogP contribution in [0.4, 0.5) is 13.2 Å². The molecule has 1 heterocycles. The molecule has 1 aromatic heterocycles. The second-order valence-electron chi connectivity index (χ2n) is 5.82. The van der Waals surface area contributed by atoms with Gasteiger partial charge in [0.2, 0.25) is 0 Å². The molecule has 3 rings (SSSR count). The summed E-state index contributed by atoms with van der Waals surface area (Å²) in [5, 5.41) is 0.539. The number of hydrogen-bond donors (Lipinski definition) is 0. The van der Waals surface area contributed by atoms with E-state index >= 15 is 0 Å². The molecule has 0 N–H and O–H groups in total. The van der Waals surface area contributed by atoms with Crippen molar-refractivity contribution in [3.05, 3.63) is 94.4 Å². The van der Waals surface area contributed by atoms with Gasteiger partial charge in [0.1, 0.15) is 23.9 Å². The van der Waals surface area contributed by atoms with Crippen molar-refractivity contribution in [2.24, 2.45) is 0 Å². The van der Waals surface area contributed by atoms with Gasteiger partial charge in [-0.3, -0.25) is 4.79 Å². The second kappa shape index (κ2) is 8.35. The first-order chi connectivity index (χ1) is 13.3. The number of rotatable bonds is 6. The Balaban J connectivity index is 1.60. The fraction of sp³-hybridized carbons (Fsp3) is 0.0952. The van der Waals surface area contributed by atoms with E-state index in [0.29, 0.717) is 22.1 Å². The summed E-state index contributed by atoms with van der Waals surface area (Å²) in [6.45, 7) is -0.0414. The van der Waals surface area contributed by atoms with Crippen LogP contribution in [0, 0.1) is 0 Å². The van der Waals surface area contributed by atoms with Gasteiger partial charge >= 0.3 is 6.18 Å². The SMILES string of the molecule is O=C(/C=C/c1ccc(COc2cccc(C(F)(F)F)c2)o1)c1ccc(Cl)cc1. The van der Waals surface area contributed by atoms with E-state index < -0.39 is 11.7 Å². The molecule has 3 nitrogen and oxygen atoms in total. The summed E-state index contributed by atoms with van der Waals surface area (Å²) in [4.78, 5) is 12.1. The Morgan fingerprint density at radius 2 is 1.82 bits per heavy atom. The number of allylic oxidation sites excluding steroid dienone is 1. The summed E-state index contributed by atoms with van der Waals surface area (Å²) in [7, 11) is 0. The maximum atomic E-state index is 12.7. The van der Waals surface area contributed by atoms with Gasteiger partial charge in [-0.2, -0.15) is 13.2 Å². The average molecular weight is 407 g/mol. The zero-order chi connectivity index (χ0) is 20.1. The summed E-state index contributed by atoms with van der Waals surface area (Å²) < 4.78 is 49.0. The van der Waals surface area contributed by atoms with Crippen LogP contribution in [0.1, 0.15) is 27.4 Å². The molecular weight excluding hydrogens is 393 g/mol. The van der Waals surface area contributed by atoms with Crippen molar-refractivity contribution in [3.63, 3.8) is 0 Å². The highest BCUT2D eigenvalue weighted by Crippen LogP contribution is 2.31. The maximum absolute atomic E-state index is 12.7. The molecule has 0 bridgehead atoms. The van der Waals surface area contributed by atoms with Crippen molar-refractivity contribution in [2.75, 3.05) is 0 Å². The first-order valence-electron chi connectivity index (χ1n) is 8.18. The van der Waals surface area contributed by atoms with Crippen LogP contribution in [0.5, 0.6) is 5.75 Å². The largest absolute Gasteiger partial charge is 0.486 e. The van der Waals surface area contributed by atoms with Crippen molar-refractivity contribution in [1.82, 2.24) is 0 Å². The van der Waals surface area contributed by atoms with Crippen molar-refractivity contribution in [1.29, 1.82) is 0 Å². The molecular formula is C21H14ClF3O3. The van der Waals surface area contributed by atoms with Crippen molar-refractivity contribution >= 4 is 23.5 Å². The highest BCUT2D eigenvalue weighted by molar-refractivity contribution is 6.30. The number of ether oxygens (including phenoxy) is 1. The van der Waals surface area contributed by atoms with Crippen molar-refractivity contribution < 1.29 is 27.1 Å². The van der Waals surface area contributed by atoms with E-state index in [2.05, 4.69) is 0 Å². The smallest absolute Gasteiger partial charge is 0.416 e. The van der Waals surface area contributed by atoms with Gasteiger partial charge in [0, 0.05) is 10.6 Å². The van der Waals surface area contributed by atoms with Gasteiger partial charge in [0.25, 0.3) is 0 Å². The zero-order valence-corrected chi connectivity index (χ0v) is 15.1. The lowest BCUT2D eigenvalue weighted by molar-refractivity contribution is -0.137. The van der Waals surface area contributed by atoms with Gasteiger partial charge in [-0.15, -0.1) is 0 Å². The van der Waals surface area contributed by atoms with E-state index in [-0.39, 0.29) is 18.1 Å². The lowest BCUT2D eigenvalue weighted by atomic mass is 10.1. The van der Waals surface area contributed by atoms with E-state index in [1.165, 1.54) is 24.3 Å². The molecule has 0 unspecified atom stereocenters. The van der Waals surface area contributed by atoms with E-state index in [0.717, 1.165) is 12.1 Å². The second-order valence-corrected chi connectivity index (χ2v) is 6.26. The number of hydrogen-bond acceptors (Lipinski definition) is 3.